The normalized spacial score (nSPS) is 22.6. The van der Waals surface area contributed by atoms with Gasteiger partial charge in [0.1, 0.15) is 5.71 Å². The third-order valence-electron chi connectivity index (χ3n) is 3.51. The summed E-state index contributed by atoms with van der Waals surface area (Å²) in [6.45, 7) is 2.36. The molecule has 2 aliphatic heterocycles. The molecule has 1 fully saturated rings. The van der Waals surface area contributed by atoms with Gasteiger partial charge in [0.15, 0.2) is 5.82 Å². The Morgan fingerprint density at radius 2 is 2.30 bits per heavy atom. The number of hydrazone groups is 1. The molecule has 0 bridgehead atoms. The number of carbonyl (C=O) groups is 2. The second-order valence-electron chi connectivity index (χ2n) is 4.92. The van der Waals surface area contributed by atoms with E-state index in [9.17, 15) is 9.59 Å². The third-order valence-corrected chi connectivity index (χ3v) is 3.51. The molecule has 20 heavy (non-hydrogen) atoms. The van der Waals surface area contributed by atoms with Crippen molar-refractivity contribution in [2.45, 2.75) is 38.6 Å². The lowest BCUT2D eigenvalue weighted by molar-refractivity contribution is -0.125. The van der Waals surface area contributed by atoms with Crippen molar-refractivity contribution in [2.24, 2.45) is 5.10 Å². The molecule has 0 aliphatic carbocycles. The van der Waals surface area contributed by atoms with E-state index in [1.165, 1.54) is 0 Å². The average molecular weight is 277 g/mol. The predicted molar refractivity (Wildman–Crippen MR) is 67.5 cm³/mol. The van der Waals surface area contributed by atoms with Crippen molar-refractivity contribution in [2.75, 3.05) is 6.54 Å². The molecule has 3 rings (SSSR count). The van der Waals surface area contributed by atoms with Crippen LogP contribution in [0, 0.1) is 6.92 Å². The highest BCUT2D eigenvalue weighted by Crippen LogP contribution is 2.30. The summed E-state index contributed by atoms with van der Waals surface area (Å²) in [6.07, 6.45) is 2.37. The fraction of sp³-hybridized carbons (Fsp3) is 0.583. The van der Waals surface area contributed by atoms with E-state index in [1.54, 1.807) is 11.8 Å². The molecule has 0 unspecified atom stereocenters. The topological polar surface area (TPSA) is 101 Å². The summed E-state index contributed by atoms with van der Waals surface area (Å²) >= 11 is 0. The van der Waals surface area contributed by atoms with Crippen LogP contribution in [0.25, 0.3) is 0 Å². The standard InChI is InChI=1S/C12H15N5O3/c1-7-13-11(16-20-7)9-3-2-6-17(9)12(19)8-4-5-10(18)15-14-8/h9H,2-6H2,1H3,(H,15,18)/t9-/m1/s1. The Kier molecular flexibility index (Phi) is 3.21. The zero-order chi connectivity index (χ0) is 14.1. The molecule has 0 radical (unpaired) electrons. The van der Waals surface area contributed by atoms with E-state index < -0.39 is 0 Å². The molecule has 0 spiro atoms. The van der Waals surface area contributed by atoms with Gasteiger partial charge >= 0.3 is 0 Å². The minimum absolute atomic E-state index is 0.157. The van der Waals surface area contributed by atoms with Crippen molar-refractivity contribution in [3.63, 3.8) is 0 Å². The number of nitrogens with zero attached hydrogens (tertiary/aromatic N) is 4. The molecule has 3 heterocycles. The number of nitrogens with one attached hydrogen (secondary N) is 1. The van der Waals surface area contributed by atoms with E-state index in [1.807, 2.05) is 0 Å². The van der Waals surface area contributed by atoms with Gasteiger partial charge < -0.3 is 9.42 Å². The summed E-state index contributed by atoms with van der Waals surface area (Å²) in [4.78, 5) is 29.4. The van der Waals surface area contributed by atoms with E-state index >= 15 is 0 Å². The van der Waals surface area contributed by atoms with Gasteiger partial charge in [0, 0.05) is 26.3 Å². The van der Waals surface area contributed by atoms with Gasteiger partial charge in [-0.3, -0.25) is 9.59 Å². The summed E-state index contributed by atoms with van der Waals surface area (Å²) in [5.41, 5.74) is 2.73. The molecular weight excluding hydrogens is 262 g/mol. The molecule has 8 nitrogen and oxygen atoms in total. The largest absolute Gasteiger partial charge is 0.340 e. The highest BCUT2D eigenvalue weighted by atomic mass is 16.5. The Morgan fingerprint density at radius 3 is 2.95 bits per heavy atom. The molecule has 0 saturated carbocycles. The van der Waals surface area contributed by atoms with Crippen LogP contribution in [0.1, 0.15) is 43.4 Å². The molecule has 1 N–H and O–H groups in total. The Morgan fingerprint density at radius 1 is 1.45 bits per heavy atom. The predicted octanol–water partition coefficient (Wildman–Crippen LogP) is 0.308. The van der Waals surface area contributed by atoms with Crippen LogP contribution in [-0.2, 0) is 9.59 Å². The van der Waals surface area contributed by atoms with E-state index in [2.05, 4.69) is 20.7 Å². The molecule has 1 aromatic rings. The Balaban J connectivity index is 1.78. The summed E-state index contributed by atoms with van der Waals surface area (Å²) < 4.78 is 4.98. The lowest BCUT2D eigenvalue weighted by Gasteiger charge is -2.23. The van der Waals surface area contributed by atoms with Crippen molar-refractivity contribution >= 4 is 17.5 Å². The minimum Gasteiger partial charge on any atom is -0.340 e. The van der Waals surface area contributed by atoms with E-state index in [0.717, 1.165) is 12.8 Å². The summed E-state index contributed by atoms with van der Waals surface area (Å²) in [6, 6.07) is -0.166. The fourth-order valence-corrected chi connectivity index (χ4v) is 2.52. The lowest BCUT2D eigenvalue weighted by atomic mass is 10.1. The van der Waals surface area contributed by atoms with Crippen molar-refractivity contribution in [1.29, 1.82) is 0 Å². The molecule has 0 aromatic carbocycles. The Labute approximate surface area is 115 Å². The van der Waals surface area contributed by atoms with Crippen LogP contribution < -0.4 is 5.43 Å². The number of aryl methyl sites for hydroxylation is 1. The lowest BCUT2D eigenvalue weighted by Crippen LogP contribution is -2.40. The number of rotatable bonds is 2. The summed E-state index contributed by atoms with van der Waals surface area (Å²) in [5, 5.41) is 7.75. The van der Waals surface area contributed by atoms with Gasteiger partial charge in [-0.2, -0.15) is 10.1 Å². The SMILES string of the molecule is Cc1nc([C@H]2CCCN2C(=O)C2=NNC(=O)CC2)no1. The van der Waals surface area contributed by atoms with Crippen LogP contribution in [0.2, 0.25) is 0 Å². The first kappa shape index (κ1) is 12.8. The number of amides is 2. The Hall–Kier alpha value is -2.25. The van der Waals surface area contributed by atoms with Gasteiger partial charge in [0.25, 0.3) is 5.91 Å². The second-order valence-corrected chi connectivity index (χ2v) is 4.92. The van der Waals surface area contributed by atoms with Gasteiger partial charge in [-0.25, -0.2) is 5.43 Å². The van der Waals surface area contributed by atoms with Gasteiger partial charge in [0.05, 0.1) is 6.04 Å². The number of likely N-dealkylation sites (tertiary alicyclic amines) is 1. The van der Waals surface area contributed by atoms with Crippen LogP contribution >= 0.6 is 0 Å². The maximum Gasteiger partial charge on any atom is 0.270 e. The zero-order valence-electron chi connectivity index (χ0n) is 11.1. The molecule has 2 amide bonds. The van der Waals surface area contributed by atoms with E-state index in [4.69, 9.17) is 4.52 Å². The van der Waals surface area contributed by atoms with Crippen LogP contribution in [-0.4, -0.2) is 39.1 Å². The zero-order valence-corrected chi connectivity index (χ0v) is 11.1. The van der Waals surface area contributed by atoms with Crippen LogP contribution in [0.3, 0.4) is 0 Å². The van der Waals surface area contributed by atoms with Crippen LogP contribution in [0.15, 0.2) is 9.62 Å². The molecule has 8 heteroatoms. The van der Waals surface area contributed by atoms with Crippen molar-refractivity contribution < 1.29 is 14.1 Å². The minimum atomic E-state index is -0.166. The molecule has 1 atom stereocenters. The molecule has 106 valence electrons. The van der Waals surface area contributed by atoms with E-state index in [0.29, 0.717) is 36.8 Å². The van der Waals surface area contributed by atoms with Crippen molar-refractivity contribution in [3.8, 4) is 0 Å². The number of hydrogen-bond donors (Lipinski definition) is 1. The smallest absolute Gasteiger partial charge is 0.270 e. The number of hydrogen-bond acceptors (Lipinski definition) is 6. The maximum absolute atomic E-state index is 12.5. The second kappa shape index (κ2) is 5.03. The monoisotopic (exact) mass is 277 g/mol. The van der Waals surface area contributed by atoms with Crippen molar-refractivity contribution in [3.05, 3.63) is 11.7 Å². The van der Waals surface area contributed by atoms with Gasteiger partial charge in [-0.05, 0) is 12.8 Å². The summed E-state index contributed by atoms with van der Waals surface area (Å²) in [5.74, 6) is 0.707. The Bertz CT molecular complexity index is 579. The first-order valence-corrected chi connectivity index (χ1v) is 6.62. The van der Waals surface area contributed by atoms with Gasteiger partial charge in [0.2, 0.25) is 11.8 Å². The maximum atomic E-state index is 12.5. The first-order chi connectivity index (χ1) is 9.65. The van der Waals surface area contributed by atoms with Crippen molar-refractivity contribution in [1.82, 2.24) is 20.5 Å². The van der Waals surface area contributed by atoms with Crippen LogP contribution in [0.4, 0.5) is 0 Å². The molecule has 1 aromatic heterocycles. The third kappa shape index (κ3) is 2.28. The quantitative estimate of drug-likeness (QED) is 0.838. The number of aromatic nitrogens is 2. The van der Waals surface area contributed by atoms with Gasteiger partial charge in [-0.15, -0.1) is 0 Å². The molecule has 1 saturated heterocycles. The highest BCUT2D eigenvalue weighted by molar-refractivity contribution is 6.39. The van der Waals surface area contributed by atoms with Crippen LogP contribution in [0.5, 0.6) is 0 Å². The van der Waals surface area contributed by atoms with Gasteiger partial charge in [-0.1, -0.05) is 5.16 Å². The highest BCUT2D eigenvalue weighted by Gasteiger charge is 2.35. The molecular formula is C12H15N5O3. The fourth-order valence-electron chi connectivity index (χ4n) is 2.52. The van der Waals surface area contributed by atoms with E-state index in [-0.39, 0.29) is 17.9 Å². The first-order valence-electron chi connectivity index (χ1n) is 6.62. The average Bonchev–Trinajstić information content (AvgIpc) is 3.07. The number of carbonyl (C=O) groups excluding carboxylic acids is 2. The molecule has 2 aliphatic rings. The summed E-state index contributed by atoms with van der Waals surface area (Å²) in [7, 11) is 0.